The number of anilines is 2. The zero-order valence-electron chi connectivity index (χ0n) is 19.5. The molecule has 0 bridgehead atoms. The van der Waals surface area contributed by atoms with Crippen LogP contribution >= 0.6 is 0 Å². The third kappa shape index (κ3) is 3.35. The summed E-state index contributed by atoms with van der Waals surface area (Å²) in [6.45, 7) is 7.46. The average molecular weight is 463 g/mol. The quantitative estimate of drug-likeness (QED) is 0.733. The first-order valence-electron chi connectivity index (χ1n) is 10.8. The molecule has 0 radical (unpaired) electrons. The summed E-state index contributed by atoms with van der Waals surface area (Å²) in [7, 11) is 0. The molecule has 4 amide bonds. The van der Waals surface area contributed by atoms with Gasteiger partial charge in [-0.05, 0) is 39.0 Å². The Bertz CT molecular complexity index is 1250. The molecule has 1 N–H and O–H groups in total. The molecule has 0 unspecified atom stereocenters. The molecule has 2 aliphatic rings. The van der Waals surface area contributed by atoms with Gasteiger partial charge in [-0.2, -0.15) is 0 Å². The van der Waals surface area contributed by atoms with Gasteiger partial charge in [0, 0.05) is 25.0 Å². The second kappa shape index (κ2) is 7.79. The summed E-state index contributed by atoms with van der Waals surface area (Å²) in [5, 5.41) is 2.61. The number of imide groups is 1. The van der Waals surface area contributed by atoms with Crippen LogP contribution in [0, 0.1) is 0 Å². The number of nitrogens with zero attached hydrogens (tertiary/aromatic N) is 2. The summed E-state index contributed by atoms with van der Waals surface area (Å²) in [6, 6.07) is 11.4. The summed E-state index contributed by atoms with van der Waals surface area (Å²) in [6.07, 6.45) is -0.965. The normalized spacial score (nSPS) is 21.3. The second-order valence-electron chi connectivity index (χ2n) is 9.28. The minimum atomic E-state index is -2.09. The van der Waals surface area contributed by atoms with E-state index in [4.69, 9.17) is 4.74 Å². The van der Waals surface area contributed by atoms with E-state index < -0.39 is 46.8 Å². The minimum Gasteiger partial charge on any atom is -0.444 e. The van der Waals surface area contributed by atoms with Crippen LogP contribution in [-0.4, -0.2) is 41.2 Å². The van der Waals surface area contributed by atoms with Crippen LogP contribution in [-0.2, 0) is 24.7 Å². The number of benzene rings is 2. The predicted molar refractivity (Wildman–Crippen MR) is 123 cm³/mol. The highest BCUT2D eigenvalue weighted by molar-refractivity contribution is 6.28. The molecule has 0 saturated carbocycles. The Labute approximate surface area is 196 Å². The number of ketones is 1. The Hall–Kier alpha value is -4.01. The van der Waals surface area contributed by atoms with Crippen molar-refractivity contribution in [3.8, 4) is 0 Å². The van der Waals surface area contributed by atoms with E-state index in [9.17, 15) is 24.0 Å². The molecule has 34 heavy (non-hydrogen) atoms. The van der Waals surface area contributed by atoms with E-state index >= 15 is 0 Å². The molecule has 0 aromatic heterocycles. The fourth-order valence-corrected chi connectivity index (χ4v) is 4.67. The van der Waals surface area contributed by atoms with E-state index in [1.54, 1.807) is 69.3 Å². The van der Waals surface area contributed by atoms with Crippen molar-refractivity contribution in [2.24, 2.45) is 0 Å². The molecule has 2 aromatic carbocycles. The van der Waals surface area contributed by atoms with Gasteiger partial charge in [0.2, 0.25) is 11.8 Å². The Kier molecular flexibility index (Phi) is 5.31. The number of Topliss-reactive ketones (excluding diaryl/α,β-unsaturated/α-hetero) is 1. The number of ether oxygens (including phenoxy) is 1. The lowest BCUT2D eigenvalue weighted by Gasteiger charge is -2.38. The lowest BCUT2D eigenvalue weighted by Crippen LogP contribution is -2.67. The van der Waals surface area contributed by atoms with Crippen molar-refractivity contribution in [1.82, 2.24) is 5.32 Å². The number of fused-ring (bicyclic) bond motifs is 2. The highest BCUT2D eigenvalue weighted by atomic mass is 16.6. The highest BCUT2D eigenvalue weighted by Crippen LogP contribution is 2.48. The largest absolute Gasteiger partial charge is 0.444 e. The van der Waals surface area contributed by atoms with E-state index in [0.29, 0.717) is 5.69 Å². The van der Waals surface area contributed by atoms with Crippen LogP contribution in [0.25, 0.3) is 0 Å². The van der Waals surface area contributed by atoms with Gasteiger partial charge in [-0.1, -0.05) is 30.3 Å². The first-order valence-corrected chi connectivity index (χ1v) is 10.8. The Morgan fingerprint density at radius 2 is 1.50 bits per heavy atom. The summed E-state index contributed by atoms with van der Waals surface area (Å²) in [5.41, 5.74) is -1.99. The second-order valence-corrected chi connectivity index (χ2v) is 9.28. The fraction of sp³-hybridized carbons (Fsp3) is 0.320. The third-order valence-corrected chi connectivity index (χ3v) is 5.81. The van der Waals surface area contributed by atoms with E-state index in [-0.39, 0.29) is 16.8 Å². The molecule has 2 aliphatic heterocycles. The number of carbonyl (C=O) groups excluding carboxylic acids is 5. The van der Waals surface area contributed by atoms with Gasteiger partial charge in [0.15, 0.2) is 11.3 Å². The molecule has 4 rings (SSSR count). The maximum atomic E-state index is 14.0. The number of carbonyl (C=O) groups is 5. The van der Waals surface area contributed by atoms with Crippen LogP contribution in [0.3, 0.4) is 0 Å². The van der Waals surface area contributed by atoms with Crippen molar-refractivity contribution in [3.05, 3.63) is 59.7 Å². The van der Waals surface area contributed by atoms with Gasteiger partial charge in [-0.25, -0.2) is 9.69 Å². The van der Waals surface area contributed by atoms with Crippen molar-refractivity contribution >= 4 is 41.0 Å². The number of alkyl carbamates (subject to hydrolysis) is 1. The Morgan fingerprint density at radius 3 is 2.09 bits per heavy atom. The predicted octanol–water partition coefficient (Wildman–Crippen LogP) is 2.92. The number of nitrogens with one attached hydrogen (secondary N) is 1. The van der Waals surface area contributed by atoms with E-state index in [1.165, 1.54) is 18.7 Å². The molecule has 176 valence electrons. The summed E-state index contributed by atoms with van der Waals surface area (Å²) in [4.78, 5) is 68.4. The minimum absolute atomic E-state index is 0.221. The van der Waals surface area contributed by atoms with Crippen molar-refractivity contribution in [3.63, 3.8) is 0 Å². The smallest absolute Gasteiger partial charge is 0.408 e. The molecule has 2 atom stereocenters. The number of hydrogen-bond acceptors (Lipinski definition) is 6. The van der Waals surface area contributed by atoms with Crippen LogP contribution in [0.5, 0.6) is 0 Å². The van der Waals surface area contributed by atoms with Crippen LogP contribution in [0.1, 0.15) is 50.5 Å². The zero-order valence-corrected chi connectivity index (χ0v) is 19.5. The molecule has 0 saturated heterocycles. The molecule has 0 spiro atoms. The Morgan fingerprint density at radius 1 is 0.912 bits per heavy atom. The number of para-hydroxylation sites is 2. The van der Waals surface area contributed by atoms with Gasteiger partial charge < -0.3 is 10.1 Å². The lowest BCUT2D eigenvalue weighted by atomic mass is 9.81. The molecule has 2 heterocycles. The third-order valence-electron chi connectivity index (χ3n) is 5.81. The monoisotopic (exact) mass is 463 g/mol. The summed E-state index contributed by atoms with van der Waals surface area (Å²) in [5.74, 6) is -2.47. The number of rotatable bonds is 2. The first kappa shape index (κ1) is 23.2. The maximum Gasteiger partial charge on any atom is 0.408 e. The van der Waals surface area contributed by atoms with Crippen LogP contribution < -0.4 is 15.1 Å². The molecular weight excluding hydrogens is 438 g/mol. The van der Waals surface area contributed by atoms with Crippen molar-refractivity contribution < 1.29 is 28.7 Å². The molecule has 9 nitrogen and oxygen atoms in total. The van der Waals surface area contributed by atoms with E-state index in [2.05, 4.69) is 5.32 Å². The van der Waals surface area contributed by atoms with E-state index in [1.807, 2.05) is 0 Å². The standard InChI is InChI=1S/C25H25N3O6/c1-14(29)27-18-12-8-6-10-16(18)20(31)21(27)25(26-23(33)34-24(3,4)5)17-11-7-9-13-19(17)28(15(2)30)22(25)32/h6-13,21H,1-5H3,(H,26,33)/t21-,25+/m1/s1. The van der Waals surface area contributed by atoms with Gasteiger partial charge >= 0.3 is 6.09 Å². The average Bonchev–Trinajstić information content (AvgIpc) is 3.17. The summed E-state index contributed by atoms with van der Waals surface area (Å²) >= 11 is 0. The van der Waals surface area contributed by atoms with Crippen LogP contribution in [0.15, 0.2) is 48.5 Å². The van der Waals surface area contributed by atoms with Crippen molar-refractivity contribution in [2.45, 2.75) is 51.8 Å². The fourth-order valence-electron chi connectivity index (χ4n) is 4.67. The Balaban J connectivity index is 2.00. The summed E-state index contributed by atoms with van der Waals surface area (Å²) < 4.78 is 5.43. The number of hydrogen-bond donors (Lipinski definition) is 1. The van der Waals surface area contributed by atoms with Gasteiger partial charge in [0.1, 0.15) is 11.6 Å². The highest BCUT2D eigenvalue weighted by Gasteiger charge is 2.64. The first-order chi connectivity index (χ1) is 15.9. The zero-order chi connectivity index (χ0) is 25.0. The maximum absolute atomic E-state index is 14.0. The van der Waals surface area contributed by atoms with Gasteiger partial charge in [0.25, 0.3) is 5.91 Å². The molecule has 0 aliphatic carbocycles. The topological polar surface area (TPSA) is 113 Å². The van der Waals surface area contributed by atoms with Gasteiger partial charge in [-0.15, -0.1) is 0 Å². The number of amides is 4. The SMILES string of the molecule is CC(=O)N1C(=O)[C@@](NC(=O)OC(C)(C)C)([C@H]2C(=O)c3ccccc3N2C(C)=O)c2ccccc21. The van der Waals surface area contributed by atoms with Gasteiger partial charge in [0.05, 0.1) is 11.4 Å². The molecule has 9 heteroatoms. The van der Waals surface area contributed by atoms with E-state index in [0.717, 1.165) is 4.90 Å². The molecule has 2 aromatic rings. The lowest BCUT2D eigenvalue weighted by molar-refractivity contribution is -0.129. The van der Waals surface area contributed by atoms with Crippen molar-refractivity contribution in [2.75, 3.05) is 9.80 Å². The van der Waals surface area contributed by atoms with Gasteiger partial charge in [-0.3, -0.25) is 24.1 Å². The molecular formula is C25H25N3O6. The van der Waals surface area contributed by atoms with Crippen LogP contribution in [0.2, 0.25) is 0 Å². The van der Waals surface area contributed by atoms with Crippen molar-refractivity contribution in [1.29, 1.82) is 0 Å². The molecule has 0 fully saturated rings. The van der Waals surface area contributed by atoms with Crippen LogP contribution in [0.4, 0.5) is 16.2 Å².